The van der Waals surface area contributed by atoms with Crippen molar-refractivity contribution in [3.8, 4) is 22.9 Å². The van der Waals surface area contributed by atoms with Crippen LogP contribution in [0.15, 0.2) is 46.9 Å². The Kier molecular flexibility index (Phi) is 4.04. The molecule has 146 valence electrons. The van der Waals surface area contributed by atoms with E-state index in [1.54, 1.807) is 39.0 Å². The Hall–Kier alpha value is -3.88. The molecular formula is C20H16N4O5. The molecule has 2 amide bonds. The van der Waals surface area contributed by atoms with Gasteiger partial charge in [0.2, 0.25) is 11.8 Å². The van der Waals surface area contributed by atoms with E-state index in [-0.39, 0.29) is 34.8 Å². The number of non-ortho nitro benzene ring substituents is 1. The van der Waals surface area contributed by atoms with E-state index in [1.165, 1.54) is 29.2 Å². The largest absolute Gasteiger partial charge is 0.416 e. The third-order valence-electron chi connectivity index (χ3n) is 4.55. The number of fused-ring (bicyclic) bond motifs is 1. The maximum Gasteiger partial charge on any atom is 0.269 e. The molecule has 0 unspecified atom stereocenters. The number of amides is 2. The van der Waals surface area contributed by atoms with E-state index in [9.17, 15) is 19.7 Å². The molecule has 3 aromatic rings. The van der Waals surface area contributed by atoms with Crippen LogP contribution in [0.2, 0.25) is 0 Å². The minimum absolute atomic E-state index is 0.0429. The molecule has 9 nitrogen and oxygen atoms in total. The number of benzene rings is 2. The number of hydrogen-bond donors (Lipinski definition) is 0. The van der Waals surface area contributed by atoms with Crippen molar-refractivity contribution >= 4 is 17.5 Å². The van der Waals surface area contributed by atoms with Crippen LogP contribution in [0.25, 0.3) is 22.9 Å². The lowest BCUT2D eigenvalue weighted by Gasteiger charge is -2.29. The van der Waals surface area contributed by atoms with Gasteiger partial charge in [0.1, 0.15) is 0 Å². The van der Waals surface area contributed by atoms with Crippen LogP contribution in [0.3, 0.4) is 0 Å². The molecule has 1 aliphatic heterocycles. The lowest BCUT2D eigenvalue weighted by molar-refractivity contribution is -0.384. The van der Waals surface area contributed by atoms with Crippen molar-refractivity contribution < 1.29 is 18.9 Å². The second kappa shape index (κ2) is 6.33. The molecule has 2 heterocycles. The molecule has 29 heavy (non-hydrogen) atoms. The van der Waals surface area contributed by atoms with Crippen LogP contribution in [0.4, 0.5) is 5.69 Å². The third-order valence-corrected chi connectivity index (χ3v) is 4.55. The second-order valence-electron chi connectivity index (χ2n) is 7.59. The highest BCUT2D eigenvalue weighted by atomic mass is 16.6. The van der Waals surface area contributed by atoms with Gasteiger partial charge in [0.15, 0.2) is 0 Å². The summed E-state index contributed by atoms with van der Waals surface area (Å²) < 4.78 is 5.67. The summed E-state index contributed by atoms with van der Waals surface area (Å²) in [5.74, 6) is -0.333. The molecule has 9 heteroatoms. The Bertz CT molecular complexity index is 1160. The summed E-state index contributed by atoms with van der Waals surface area (Å²) in [6.07, 6.45) is 0. The third kappa shape index (κ3) is 3.06. The first-order chi connectivity index (χ1) is 13.7. The molecule has 0 radical (unpaired) electrons. The SMILES string of the molecule is CC(C)(C)N1C(=O)c2ccc(-c3nnc(-c4ccc([N+](=O)[O-])cc4)o3)cc2C1=O. The standard InChI is InChI=1S/C20H16N4O5/c1-20(2,3)23-18(25)14-9-6-12(10-15(14)19(23)26)17-22-21-16(29-17)11-4-7-13(8-5-11)24(27)28/h4-10H,1-3H3. The van der Waals surface area contributed by atoms with E-state index >= 15 is 0 Å². The normalized spacial score (nSPS) is 13.7. The average molecular weight is 392 g/mol. The summed E-state index contributed by atoms with van der Waals surface area (Å²) in [6.45, 7) is 5.39. The Balaban J connectivity index is 1.67. The Morgan fingerprint density at radius 2 is 1.45 bits per heavy atom. The van der Waals surface area contributed by atoms with E-state index in [1.807, 2.05) is 0 Å². The summed E-state index contributed by atoms with van der Waals surface area (Å²) >= 11 is 0. The first-order valence-corrected chi connectivity index (χ1v) is 8.78. The average Bonchev–Trinajstić information content (AvgIpc) is 3.25. The summed E-state index contributed by atoms with van der Waals surface area (Å²) in [5, 5.41) is 18.7. The molecule has 0 spiro atoms. The van der Waals surface area contributed by atoms with Crippen molar-refractivity contribution in [3.63, 3.8) is 0 Å². The van der Waals surface area contributed by atoms with Crippen LogP contribution < -0.4 is 0 Å². The number of carbonyl (C=O) groups excluding carboxylic acids is 2. The molecule has 0 saturated carbocycles. The summed E-state index contributed by atoms with van der Waals surface area (Å²) in [4.78, 5) is 36.8. The maximum absolute atomic E-state index is 12.7. The number of carbonyl (C=O) groups is 2. The zero-order chi connectivity index (χ0) is 20.9. The predicted molar refractivity (Wildman–Crippen MR) is 102 cm³/mol. The predicted octanol–water partition coefficient (Wildman–Crippen LogP) is 3.71. The molecule has 1 aliphatic rings. The lowest BCUT2D eigenvalue weighted by atomic mass is 10.1. The topological polar surface area (TPSA) is 119 Å². The second-order valence-corrected chi connectivity index (χ2v) is 7.59. The summed E-state index contributed by atoms with van der Waals surface area (Å²) in [5.41, 5.74) is 0.975. The molecular weight excluding hydrogens is 376 g/mol. The van der Waals surface area contributed by atoms with Gasteiger partial charge in [0, 0.05) is 28.8 Å². The highest BCUT2D eigenvalue weighted by Gasteiger charge is 2.42. The van der Waals surface area contributed by atoms with Crippen LogP contribution in [0.1, 0.15) is 41.5 Å². The van der Waals surface area contributed by atoms with Gasteiger partial charge in [-0.1, -0.05) is 0 Å². The lowest BCUT2D eigenvalue weighted by Crippen LogP contribution is -2.45. The van der Waals surface area contributed by atoms with Gasteiger partial charge in [-0.25, -0.2) is 0 Å². The van der Waals surface area contributed by atoms with Crippen LogP contribution in [0.5, 0.6) is 0 Å². The maximum atomic E-state index is 12.7. The molecule has 4 rings (SSSR count). The highest BCUT2D eigenvalue weighted by molar-refractivity contribution is 6.22. The number of rotatable bonds is 3. The zero-order valence-electron chi connectivity index (χ0n) is 15.9. The van der Waals surface area contributed by atoms with Crippen molar-refractivity contribution in [2.45, 2.75) is 26.3 Å². The first-order valence-electron chi connectivity index (χ1n) is 8.78. The van der Waals surface area contributed by atoms with E-state index in [0.717, 1.165) is 0 Å². The smallest absolute Gasteiger partial charge is 0.269 e. The molecule has 0 bridgehead atoms. The van der Waals surface area contributed by atoms with Crippen molar-refractivity contribution in [2.75, 3.05) is 0 Å². The summed E-state index contributed by atoms with van der Waals surface area (Å²) in [6, 6.07) is 10.5. The van der Waals surface area contributed by atoms with Gasteiger partial charge in [-0.15, -0.1) is 10.2 Å². The molecule has 1 aromatic heterocycles. The Morgan fingerprint density at radius 3 is 2.03 bits per heavy atom. The highest BCUT2D eigenvalue weighted by Crippen LogP contribution is 2.33. The van der Waals surface area contributed by atoms with E-state index in [2.05, 4.69) is 10.2 Å². The fourth-order valence-corrected chi connectivity index (χ4v) is 3.17. The van der Waals surface area contributed by atoms with Crippen molar-refractivity contribution in [1.29, 1.82) is 0 Å². The van der Waals surface area contributed by atoms with Crippen LogP contribution >= 0.6 is 0 Å². The Morgan fingerprint density at radius 1 is 0.897 bits per heavy atom. The van der Waals surface area contributed by atoms with E-state index in [0.29, 0.717) is 16.7 Å². The van der Waals surface area contributed by atoms with Gasteiger partial charge in [0.25, 0.3) is 17.5 Å². The van der Waals surface area contributed by atoms with E-state index in [4.69, 9.17) is 4.42 Å². The number of aromatic nitrogens is 2. The molecule has 0 N–H and O–H groups in total. The number of nitrogens with zero attached hydrogens (tertiary/aromatic N) is 4. The van der Waals surface area contributed by atoms with Gasteiger partial charge in [-0.05, 0) is 51.1 Å². The van der Waals surface area contributed by atoms with Crippen molar-refractivity contribution in [3.05, 3.63) is 63.7 Å². The van der Waals surface area contributed by atoms with Crippen LogP contribution in [-0.2, 0) is 0 Å². The summed E-state index contributed by atoms with van der Waals surface area (Å²) in [7, 11) is 0. The molecule has 0 fully saturated rings. The monoisotopic (exact) mass is 392 g/mol. The minimum atomic E-state index is -0.638. The number of nitro benzene ring substituents is 1. The number of nitro groups is 1. The van der Waals surface area contributed by atoms with Crippen LogP contribution in [-0.4, -0.2) is 37.4 Å². The van der Waals surface area contributed by atoms with Gasteiger partial charge in [0.05, 0.1) is 16.1 Å². The molecule has 0 saturated heterocycles. The molecule has 0 atom stereocenters. The van der Waals surface area contributed by atoms with Crippen LogP contribution in [0, 0.1) is 10.1 Å². The van der Waals surface area contributed by atoms with Gasteiger partial charge in [-0.3, -0.25) is 24.6 Å². The van der Waals surface area contributed by atoms with Crippen molar-refractivity contribution in [1.82, 2.24) is 15.1 Å². The zero-order valence-corrected chi connectivity index (χ0v) is 15.9. The minimum Gasteiger partial charge on any atom is -0.416 e. The Labute approximate surface area is 165 Å². The van der Waals surface area contributed by atoms with E-state index < -0.39 is 10.5 Å². The first kappa shape index (κ1) is 18.5. The fraction of sp³-hybridized carbons (Fsp3) is 0.200. The molecule has 0 aliphatic carbocycles. The van der Waals surface area contributed by atoms with Crippen molar-refractivity contribution in [2.24, 2.45) is 0 Å². The number of imide groups is 1. The quantitative estimate of drug-likeness (QED) is 0.378. The van der Waals surface area contributed by atoms with Gasteiger partial charge in [-0.2, -0.15) is 0 Å². The number of hydrogen-bond acceptors (Lipinski definition) is 7. The van der Waals surface area contributed by atoms with Gasteiger partial charge < -0.3 is 4.42 Å². The van der Waals surface area contributed by atoms with Gasteiger partial charge >= 0.3 is 0 Å². The fourth-order valence-electron chi connectivity index (χ4n) is 3.17. The molecule has 2 aromatic carbocycles.